The molecule has 2 aromatic carbocycles. The first-order chi connectivity index (χ1) is 14.7. The number of benzene rings is 2. The van der Waals surface area contributed by atoms with E-state index in [1.54, 1.807) is 0 Å². The molecule has 0 saturated carbocycles. The van der Waals surface area contributed by atoms with Gasteiger partial charge in [0.05, 0.1) is 12.1 Å². The second kappa shape index (κ2) is 7.98. The molecular formula is C25H26N2O3. The van der Waals surface area contributed by atoms with Crippen molar-refractivity contribution in [3.05, 3.63) is 72.0 Å². The minimum absolute atomic E-state index is 0.0404. The van der Waals surface area contributed by atoms with Crippen LogP contribution >= 0.6 is 0 Å². The molecule has 2 fully saturated rings. The van der Waals surface area contributed by atoms with Crippen LogP contribution in [-0.4, -0.2) is 40.2 Å². The fourth-order valence-corrected chi connectivity index (χ4v) is 4.97. The summed E-state index contributed by atoms with van der Waals surface area (Å²) in [4.78, 5) is 30.3. The van der Waals surface area contributed by atoms with Crippen molar-refractivity contribution in [2.45, 2.75) is 50.7 Å². The van der Waals surface area contributed by atoms with Gasteiger partial charge in [-0.2, -0.15) is 0 Å². The lowest BCUT2D eigenvalue weighted by atomic mass is 9.96. The Balaban J connectivity index is 1.42. The van der Waals surface area contributed by atoms with Gasteiger partial charge in [0.1, 0.15) is 5.58 Å². The van der Waals surface area contributed by atoms with Crippen molar-refractivity contribution in [3.63, 3.8) is 0 Å². The third-order valence-electron chi connectivity index (χ3n) is 6.46. The Bertz CT molecular complexity index is 1030. The standard InChI is InChI=1S/C25H26N2O3/c28-24-13-7-5-11-20-21(27(24)17-18-8-2-1-3-9-18)14-15-26(20)25(29)23-16-19-10-4-6-12-22(19)30-23/h1-4,6,8-10,12,16,20-21H,5,7,11,13-15,17H2/t20-,21+/m1/s1. The third-order valence-corrected chi connectivity index (χ3v) is 6.46. The second-order valence-electron chi connectivity index (χ2n) is 8.32. The van der Waals surface area contributed by atoms with Crippen molar-refractivity contribution < 1.29 is 14.0 Å². The number of amides is 2. The van der Waals surface area contributed by atoms with Gasteiger partial charge < -0.3 is 14.2 Å². The number of nitrogens with zero attached hydrogens (tertiary/aromatic N) is 2. The molecule has 1 aromatic heterocycles. The largest absolute Gasteiger partial charge is 0.451 e. The Morgan fingerprint density at radius 2 is 1.77 bits per heavy atom. The summed E-state index contributed by atoms with van der Waals surface area (Å²) in [6.07, 6.45) is 4.17. The average molecular weight is 402 g/mol. The fourth-order valence-electron chi connectivity index (χ4n) is 4.97. The van der Waals surface area contributed by atoms with Crippen LogP contribution in [0.15, 0.2) is 65.1 Å². The highest BCUT2D eigenvalue weighted by Crippen LogP contribution is 2.33. The van der Waals surface area contributed by atoms with E-state index in [0.29, 0.717) is 25.3 Å². The van der Waals surface area contributed by atoms with Crippen LogP contribution in [0.5, 0.6) is 0 Å². The Labute approximate surface area is 176 Å². The molecule has 3 heterocycles. The molecule has 2 saturated heterocycles. The molecule has 5 heteroatoms. The Morgan fingerprint density at radius 3 is 2.60 bits per heavy atom. The molecule has 3 aromatic rings. The van der Waals surface area contributed by atoms with Crippen molar-refractivity contribution in [3.8, 4) is 0 Å². The van der Waals surface area contributed by atoms with Gasteiger partial charge in [-0.1, -0.05) is 55.0 Å². The van der Waals surface area contributed by atoms with E-state index in [2.05, 4.69) is 12.1 Å². The summed E-state index contributed by atoms with van der Waals surface area (Å²) in [5.74, 6) is 0.526. The van der Waals surface area contributed by atoms with E-state index in [1.165, 1.54) is 0 Å². The van der Waals surface area contributed by atoms with Crippen LogP contribution in [0.4, 0.5) is 0 Å². The summed E-state index contributed by atoms with van der Waals surface area (Å²) < 4.78 is 5.85. The molecule has 2 aliphatic heterocycles. The predicted molar refractivity (Wildman–Crippen MR) is 115 cm³/mol. The number of carbonyl (C=O) groups excluding carboxylic acids is 2. The highest BCUT2D eigenvalue weighted by Gasteiger charge is 2.43. The van der Waals surface area contributed by atoms with Gasteiger partial charge >= 0.3 is 0 Å². The molecule has 0 unspecified atom stereocenters. The van der Waals surface area contributed by atoms with E-state index in [0.717, 1.165) is 42.2 Å². The molecule has 0 spiro atoms. The summed E-state index contributed by atoms with van der Waals surface area (Å²) in [6, 6.07) is 19.8. The van der Waals surface area contributed by atoms with Crippen LogP contribution in [0.1, 0.15) is 48.2 Å². The van der Waals surface area contributed by atoms with Crippen molar-refractivity contribution >= 4 is 22.8 Å². The van der Waals surface area contributed by atoms with Crippen molar-refractivity contribution in [2.24, 2.45) is 0 Å². The van der Waals surface area contributed by atoms with Gasteiger partial charge in [-0.3, -0.25) is 9.59 Å². The molecule has 154 valence electrons. The lowest BCUT2D eigenvalue weighted by Crippen LogP contribution is -2.49. The van der Waals surface area contributed by atoms with Crippen LogP contribution in [-0.2, 0) is 11.3 Å². The summed E-state index contributed by atoms with van der Waals surface area (Å²) in [6.45, 7) is 1.26. The number of para-hydroxylation sites is 1. The molecule has 0 N–H and O–H groups in total. The minimum atomic E-state index is -0.0635. The first-order valence-electron chi connectivity index (χ1n) is 10.8. The normalized spacial score (nSPS) is 22.1. The first-order valence-corrected chi connectivity index (χ1v) is 10.8. The summed E-state index contributed by atoms with van der Waals surface area (Å²) >= 11 is 0. The van der Waals surface area contributed by atoms with Crippen LogP contribution in [0.3, 0.4) is 0 Å². The van der Waals surface area contributed by atoms with Crippen LogP contribution < -0.4 is 0 Å². The molecule has 5 rings (SSSR count). The van der Waals surface area contributed by atoms with E-state index in [4.69, 9.17) is 4.42 Å². The number of fused-ring (bicyclic) bond motifs is 2. The lowest BCUT2D eigenvalue weighted by Gasteiger charge is -2.37. The summed E-state index contributed by atoms with van der Waals surface area (Å²) in [5.41, 5.74) is 1.86. The van der Waals surface area contributed by atoms with Gasteiger partial charge in [-0.25, -0.2) is 0 Å². The van der Waals surface area contributed by atoms with Gasteiger partial charge in [-0.15, -0.1) is 0 Å². The van der Waals surface area contributed by atoms with E-state index >= 15 is 0 Å². The maximum atomic E-state index is 13.3. The summed E-state index contributed by atoms with van der Waals surface area (Å²) in [5, 5.41) is 0.940. The highest BCUT2D eigenvalue weighted by atomic mass is 16.3. The zero-order chi connectivity index (χ0) is 20.5. The Hall–Kier alpha value is -3.08. The van der Waals surface area contributed by atoms with E-state index in [-0.39, 0.29) is 23.9 Å². The number of furan rings is 1. The second-order valence-corrected chi connectivity index (χ2v) is 8.32. The maximum Gasteiger partial charge on any atom is 0.289 e. The van der Waals surface area contributed by atoms with Gasteiger partial charge in [0.15, 0.2) is 5.76 Å². The van der Waals surface area contributed by atoms with Gasteiger partial charge in [-0.05, 0) is 37.0 Å². The van der Waals surface area contributed by atoms with Gasteiger partial charge in [0.2, 0.25) is 5.91 Å². The van der Waals surface area contributed by atoms with Gasteiger partial charge in [0.25, 0.3) is 5.91 Å². The fraction of sp³-hybridized carbons (Fsp3) is 0.360. The molecule has 5 nitrogen and oxygen atoms in total. The molecule has 0 radical (unpaired) electrons. The average Bonchev–Trinajstić information content (AvgIpc) is 3.38. The van der Waals surface area contributed by atoms with Crippen molar-refractivity contribution in [1.82, 2.24) is 9.80 Å². The predicted octanol–water partition coefficient (Wildman–Crippen LogP) is 4.62. The number of rotatable bonds is 3. The molecule has 0 bridgehead atoms. The number of likely N-dealkylation sites (tertiary alicyclic amines) is 2. The molecule has 0 aliphatic carbocycles. The van der Waals surface area contributed by atoms with Gasteiger partial charge in [0, 0.05) is 24.9 Å². The quantitative estimate of drug-likeness (QED) is 0.642. The smallest absolute Gasteiger partial charge is 0.289 e. The number of hydrogen-bond acceptors (Lipinski definition) is 3. The summed E-state index contributed by atoms with van der Waals surface area (Å²) in [7, 11) is 0. The lowest BCUT2D eigenvalue weighted by molar-refractivity contribution is -0.135. The number of hydrogen-bond donors (Lipinski definition) is 0. The van der Waals surface area contributed by atoms with Crippen LogP contribution in [0, 0.1) is 0 Å². The molecule has 2 aliphatic rings. The zero-order valence-electron chi connectivity index (χ0n) is 17.0. The van der Waals surface area contributed by atoms with Crippen molar-refractivity contribution in [2.75, 3.05) is 6.54 Å². The number of carbonyl (C=O) groups is 2. The molecule has 30 heavy (non-hydrogen) atoms. The topological polar surface area (TPSA) is 53.8 Å². The van der Waals surface area contributed by atoms with E-state index in [9.17, 15) is 9.59 Å². The molecular weight excluding hydrogens is 376 g/mol. The maximum absolute atomic E-state index is 13.3. The molecule has 2 amide bonds. The van der Waals surface area contributed by atoms with Crippen molar-refractivity contribution in [1.29, 1.82) is 0 Å². The van der Waals surface area contributed by atoms with E-state index in [1.807, 2.05) is 58.3 Å². The van der Waals surface area contributed by atoms with Crippen LogP contribution in [0.25, 0.3) is 11.0 Å². The Kier molecular flexibility index (Phi) is 5.03. The first kappa shape index (κ1) is 18.9. The SMILES string of the molecule is O=C(c1cc2ccccc2o1)N1CC[C@H]2[C@H]1CCCCC(=O)N2Cc1ccccc1. The molecule has 2 atom stereocenters. The monoisotopic (exact) mass is 402 g/mol. The van der Waals surface area contributed by atoms with E-state index < -0.39 is 0 Å². The zero-order valence-corrected chi connectivity index (χ0v) is 17.0. The Morgan fingerprint density at radius 1 is 0.967 bits per heavy atom. The third kappa shape index (κ3) is 3.49. The van der Waals surface area contributed by atoms with Crippen LogP contribution in [0.2, 0.25) is 0 Å². The minimum Gasteiger partial charge on any atom is -0.451 e. The highest BCUT2D eigenvalue weighted by molar-refractivity contribution is 5.96.